The van der Waals surface area contributed by atoms with Crippen LogP contribution in [0.3, 0.4) is 0 Å². The lowest BCUT2D eigenvalue weighted by molar-refractivity contribution is 0.152. The zero-order valence-electron chi connectivity index (χ0n) is 15.7. The summed E-state index contributed by atoms with van der Waals surface area (Å²) in [5.41, 5.74) is 6.33. The van der Waals surface area contributed by atoms with Crippen LogP contribution in [0, 0.1) is 5.41 Å². The summed E-state index contributed by atoms with van der Waals surface area (Å²) in [4.78, 5) is 11.6. The van der Waals surface area contributed by atoms with Crippen molar-refractivity contribution in [3.05, 3.63) is 70.2 Å². The van der Waals surface area contributed by atoms with E-state index >= 15 is 0 Å². The number of ether oxygens (including phenoxy) is 1. The van der Waals surface area contributed by atoms with Crippen molar-refractivity contribution in [2.75, 3.05) is 6.61 Å². The Labute approximate surface area is 160 Å². The summed E-state index contributed by atoms with van der Waals surface area (Å²) < 4.78 is 4.88. The van der Waals surface area contributed by atoms with E-state index in [0.717, 1.165) is 17.5 Å². The molecule has 0 heterocycles. The van der Waals surface area contributed by atoms with Crippen molar-refractivity contribution in [1.82, 2.24) is 5.43 Å². The molecular formula is C21H25ClN2O2. The van der Waals surface area contributed by atoms with Gasteiger partial charge in [-0.25, -0.2) is 10.2 Å². The van der Waals surface area contributed by atoms with Gasteiger partial charge in [-0.15, -0.1) is 0 Å². The van der Waals surface area contributed by atoms with Crippen molar-refractivity contribution < 1.29 is 9.53 Å². The van der Waals surface area contributed by atoms with Crippen LogP contribution in [-0.2, 0) is 11.2 Å². The van der Waals surface area contributed by atoms with Crippen molar-refractivity contribution in [1.29, 1.82) is 0 Å². The Hall–Kier alpha value is -2.33. The zero-order valence-corrected chi connectivity index (χ0v) is 16.4. The van der Waals surface area contributed by atoms with Gasteiger partial charge in [0.2, 0.25) is 0 Å². The highest BCUT2D eigenvalue weighted by Crippen LogP contribution is 2.22. The molecule has 0 saturated heterocycles. The van der Waals surface area contributed by atoms with Gasteiger partial charge in [0, 0.05) is 16.1 Å². The topological polar surface area (TPSA) is 50.7 Å². The van der Waals surface area contributed by atoms with Crippen molar-refractivity contribution in [2.45, 2.75) is 34.1 Å². The molecule has 0 spiro atoms. The van der Waals surface area contributed by atoms with Gasteiger partial charge >= 0.3 is 6.09 Å². The van der Waals surface area contributed by atoms with Crippen LogP contribution >= 0.6 is 11.6 Å². The third kappa shape index (κ3) is 6.19. The number of carbonyl (C=O) groups is 1. The highest BCUT2D eigenvalue weighted by Gasteiger charge is 2.13. The van der Waals surface area contributed by atoms with E-state index in [0.29, 0.717) is 17.3 Å². The SMILES string of the molecule is CCOC(=O)NN=C(c1ccc(Cl)cc1)c1ccc(CC(C)(C)C)cc1. The van der Waals surface area contributed by atoms with Gasteiger partial charge in [0.1, 0.15) is 0 Å². The Balaban J connectivity index is 2.32. The average molecular weight is 373 g/mol. The van der Waals surface area contributed by atoms with Crippen molar-refractivity contribution in [3.8, 4) is 0 Å². The number of amides is 1. The maximum absolute atomic E-state index is 11.6. The highest BCUT2D eigenvalue weighted by atomic mass is 35.5. The quantitative estimate of drug-likeness (QED) is 0.562. The smallest absolute Gasteiger partial charge is 0.427 e. The van der Waals surface area contributed by atoms with E-state index in [1.807, 2.05) is 24.3 Å². The second kappa shape index (κ2) is 8.86. The van der Waals surface area contributed by atoms with E-state index < -0.39 is 6.09 Å². The summed E-state index contributed by atoms with van der Waals surface area (Å²) in [5.74, 6) is 0. The maximum atomic E-state index is 11.6. The molecule has 26 heavy (non-hydrogen) atoms. The fraction of sp³-hybridized carbons (Fsp3) is 0.333. The van der Waals surface area contributed by atoms with Gasteiger partial charge in [-0.2, -0.15) is 5.10 Å². The molecule has 0 fully saturated rings. The highest BCUT2D eigenvalue weighted by molar-refractivity contribution is 6.30. The lowest BCUT2D eigenvalue weighted by Gasteiger charge is -2.18. The van der Waals surface area contributed by atoms with Gasteiger partial charge in [-0.3, -0.25) is 0 Å². The monoisotopic (exact) mass is 372 g/mol. The number of nitrogens with one attached hydrogen (secondary N) is 1. The van der Waals surface area contributed by atoms with E-state index in [4.69, 9.17) is 16.3 Å². The van der Waals surface area contributed by atoms with Crippen LogP contribution in [-0.4, -0.2) is 18.4 Å². The summed E-state index contributed by atoms with van der Waals surface area (Å²) in [7, 11) is 0. The second-order valence-electron chi connectivity index (χ2n) is 7.23. The van der Waals surface area contributed by atoms with Crippen molar-refractivity contribution in [2.24, 2.45) is 10.5 Å². The Kier molecular flexibility index (Phi) is 6.81. The number of rotatable bonds is 5. The Morgan fingerprint density at radius 2 is 1.58 bits per heavy atom. The molecule has 0 radical (unpaired) electrons. The summed E-state index contributed by atoms with van der Waals surface area (Å²) in [6.07, 6.45) is 0.408. The van der Waals surface area contributed by atoms with Gasteiger partial charge in [-0.05, 0) is 36.5 Å². The van der Waals surface area contributed by atoms with E-state index in [1.165, 1.54) is 5.56 Å². The van der Waals surface area contributed by atoms with Crippen LogP contribution in [0.5, 0.6) is 0 Å². The standard InChI is InChI=1S/C21H25ClN2O2/c1-5-26-20(25)24-23-19(17-10-12-18(22)13-11-17)16-8-6-15(7-9-16)14-21(2,3)4/h6-13H,5,14H2,1-4H3,(H,24,25). The minimum atomic E-state index is -0.580. The van der Waals surface area contributed by atoms with Gasteiger partial charge in [0.25, 0.3) is 0 Å². The summed E-state index contributed by atoms with van der Waals surface area (Å²) >= 11 is 5.98. The minimum absolute atomic E-state index is 0.222. The van der Waals surface area contributed by atoms with Crippen LogP contribution in [0.2, 0.25) is 5.02 Å². The first-order valence-corrected chi connectivity index (χ1v) is 9.02. The molecular weight excluding hydrogens is 348 g/mol. The largest absolute Gasteiger partial charge is 0.449 e. The minimum Gasteiger partial charge on any atom is -0.449 e. The Morgan fingerprint density at radius 1 is 1.04 bits per heavy atom. The molecule has 0 aromatic heterocycles. The van der Waals surface area contributed by atoms with Gasteiger partial charge in [0.05, 0.1) is 12.3 Å². The summed E-state index contributed by atoms with van der Waals surface area (Å²) in [6, 6.07) is 15.6. The molecule has 2 rings (SSSR count). The molecule has 4 nitrogen and oxygen atoms in total. The van der Waals surface area contributed by atoms with Crippen molar-refractivity contribution >= 4 is 23.4 Å². The average Bonchev–Trinajstić information content (AvgIpc) is 2.57. The molecule has 1 amide bonds. The van der Waals surface area contributed by atoms with E-state index in [-0.39, 0.29) is 5.41 Å². The molecule has 0 unspecified atom stereocenters. The zero-order chi connectivity index (χ0) is 19.2. The van der Waals surface area contributed by atoms with E-state index in [1.54, 1.807) is 19.1 Å². The number of benzene rings is 2. The number of carbonyl (C=O) groups excluding carboxylic acids is 1. The first-order valence-electron chi connectivity index (χ1n) is 8.64. The van der Waals surface area contributed by atoms with Crippen LogP contribution in [0.4, 0.5) is 4.79 Å². The second-order valence-corrected chi connectivity index (χ2v) is 7.67. The summed E-state index contributed by atoms with van der Waals surface area (Å²) in [5, 5.41) is 4.91. The molecule has 5 heteroatoms. The van der Waals surface area contributed by atoms with Gasteiger partial charge in [0.15, 0.2) is 0 Å². The Bertz CT molecular complexity index is 760. The van der Waals surface area contributed by atoms with E-state index in [9.17, 15) is 4.79 Å². The number of hydrogen-bond donors (Lipinski definition) is 1. The fourth-order valence-corrected chi connectivity index (χ4v) is 2.69. The molecule has 2 aromatic rings. The molecule has 0 aliphatic rings. The normalized spacial score (nSPS) is 12.0. The lowest BCUT2D eigenvalue weighted by atomic mass is 9.87. The third-order valence-electron chi connectivity index (χ3n) is 3.61. The predicted octanol–water partition coefficient (Wildman–Crippen LogP) is 5.43. The lowest BCUT2D eigenvalue weighted by Crippen LogP contribution is -2.21. The van der Waals surface area contributed by atoms with Crippen LogP contribution in [0.1, 0.15) is 44.4 Å². The van der Waals surface area contributed by atoms with Crippen LogP contribution < -0.4 is 5.43 Å². The number of hydrazone groups is 1. The molecule has 0 atom stereocenters. The molecule has 138 valence electrons. The molecule has 0 saturated carbocycles. The summed E-state index contributed by atoms with van der Waals surface area (Å²) in [6.45, 7) is 8.68. The molecule has 0 aliphatic heterocycles. The van der Waals surface area contributed by atoms with E-state index in [2.05, 4.69) is 43.4 Å². The van der Waals surface area contributed by atoms with Gasteiger partial charge in [-0.1, -0.05) is 68.8 Å². The van der Waals surface area contributed by atoms with Crippen molar-refractivity contribution in [3.63, 3.8) is 0 Å². The molecule has 1 N–H and O–H groups in total. The van der Waals surface area contributed by atoms with Crippen LogP contribution in [0.15, 0.2) is 53.6 Å². The first kappa shape index (κ1) is 20.0. The van der Waals surface area contributed by atoms with Crippen LogP contribution in [0.25, 0.3) is 0 Å². The number of halogens is 1. The number of hydrogen-bond acceptors (Lipinski definition) is 3. The number of nitrogens with zero attached hydrogens (tertiary/aromatic N) is 1. The van der Waals surface area contributed by atoms with Gasteiger partial charge < -0.3 is 4.74 Å². The first-order chi connectivity index (χ1) is 12.3. The maximum Gasteiger partial charge on any atom is 0.427 e. The molecule has 0 aliphatic carbocycles. The molecule has 2 aromatic carbocycles. The Morgan fingerprint density at radius 3 is 2.08 bits per heavy atom. The fourth-order valence-electron chi connectivity index (χ4n) is 2.56. The molecule has 0 bridgehead atoms. The predicted molar refractivity (Wildman–Crippen MR) is 107 cm³/mol. The third-order valence-corrected chi connectivity index (χ3v) is 3.87.